The van der Waals surface area contributed by atoms with Crippen molar-refractivity contribution in [2.24, 2.45) is 17.6 Å². The van der Waals surface area contributed by atoms with Crippen molar-refractivity contribution in [2.45, 2.75) is 32.2 Å². The molecule has 0 aromatic carbocycles. The van der Waals surface area contributed by atoms with E-state index in [1.54, 1.807) is 0 Å². The Kier molecular flexibility index (Phi) is 4.14. The van der Waals surface area contributed by atoms with Crippen molar-refractivity contribution in [2.75, 3.05) is 24.6 Å². The van der Waals surface area contributed by atoms with Crippen molar-refractivity contribution in [3.05, 3.63) is 0 Å². The number of carbonyl (C=O) groups is 1. The first-order valence-corrected chi connectivity index (χ1v) is 7.46. The molecule has 2 N–H and O–H groups in total. The molecule has 0 bridgehead atoms. The van der Waals surface area contributed by atoms with Gasteiger partial charge in [-0.05, 0) is 44.4 Å². The second-order valence-corrected chi connectivity index (χ2v) is 6.23. The Morgan fingerprint density at radius 1 is 1.44 bits per heavy atom. The van der Waals surface area contributed by atoms with Crippen molar-refractivity contribution >= 4 is 17.7 Å². The number of hydrogen-bond acceptors (Lipinski definition) is 3. The Bertz CT molecular complexity index is 253. The smallest absolute Gasteiger partial charge is 0.226 e. The van der Waals surface area contributed by atoms with Crippen LogP contribution in [0.4, 0.5) is 0 Å². The maximum absolute atomic E-state index is 12.3. The van der Waals surface area contributed by atoms with E-state index in [0.29, 0.717) is 17.9 Å². The number of nitrogens with zero attached hydrogens (tertiary/aromatic N) is 1. The molecule has 16 heavy (non-hydrogen) atoms. The zero-order valence-electron chi connectivity index (χ0n) is 10.0. The lowest BCUT2D eigenvalue weighted by Gasteiger charge is -2.39. The maximum Gasteiger partial charge on any atom is 0.226 e. The molecule has 0 aromatic heterocycles. The van der Waals surface area contributed by atoms with Crippen molar-refractivity contribution in [1.82, 2.24) is 4.90 Å². The summed E-state index contributed by atoms with van der Waals surface area (Å²) in [6.07, 6.45) is 3.37. The molecule has 3 atom stereocenters. The van der Waals surface area contributed by atoms with Gasteiger partial charge in [-0.15, -0.1) is 0 Å². The lowest BCUT2D eigenvalue weighted by molar-refractivity contribution is -0.139. The van der Waals surface area contributed by atoms with Crippen LogP contribution in [0.1, 0.15) is 26.2 Å². The van der Waals surface area contributed by atoms with Gasteiger partial charge in [-0.1, -0.05) is 0 Å². The number of rotatable bonds is 2. The van der Waals surface area contributed by atoms with E-state index < -0.39 is 0 Å². The summed E-state index contributed by atoms with van der Waals surface area (Å²) in [5.41, 5.74) is 5.72. The number of carbonyl (C=O) groups excluding carboxylic acids is 1. The summed E-state index contributed by atoms with van der Waals surface area (Å²) in [5, 5.41) is 0. The minimum Gasteiger partial charge on any atom is -0.339 e. The van der Waals surface area contributed by atoms with Crippen LogP contribution in [0.25, 0.3) is 0 Å². The molecule has 2 aliphatic rings. The van der Waals surface area contributed by atoms with Gasteiger partial charge in [-0.2, -0.15) is 11.8 Å². The molecule has 2 fully saturated rings. The molecule has 92 valence electrons. The van der Waals surface area contributed by atoms with Crippen molar-refractivity contribution in [3.8, 4) is 0 Å². The fourth-order valence-electron chi connectivity index (χ4n) is 2.65. The van der Waals surface area contributed by atoms with Crippen LogP contribution in [0, 0.1) is 11.8 Å². The van der Waals surface area contributed by atoms with E-state index in [0.717, 1.165) is 37.4 Å². The largest absolute Gasteiger partial charge is 0.339 e. The Hall–Kier alpha value is -0.220. The molecule has 2 saturated heterocycles. The molecule has 0 spiro atoms. The van der Waals surface area contributed by atoms with Crippen molar-refractivity contribution < 1.29 is 4.79 Å². The molecular formula is C12H22N2OS. The van der Waals surface area contributed by atoms with E-state index in [2.05, 4.69) is 11.8 Å². The van der Waals surface area contributed by atoms with Gasteiger partial charge in [0, 0.05) is 24.3 Å². The highest BCUT2D eigenvalue weighted by atomic mass is 32.2. The van der Waals surface area contributed by atoms with Gasteiger partial charge in [0.25, 0.3) is 0 Å². The quantitative estimate of drug-likeness (QED) is 0.794. The van der Waals surface area contributed by atoms with Gasteiger partial charge in [0.05, 0.1) is 0 Å². The summed E-state index contributed by atoms with van der Waals surface area (Å²) in [6.45, 7) is 3.78. The maximum atomic E-state index is 12.3. The monoisotopic (exact) mass is 242 g/mol. The summed E-state index contributed by atoms with van der Waals surface area (Å²) in [7, 11) is 0. The number of hydrogen-bond donors (Lipinski definition) is 1. The second kappa shape index (κ2) is 5.41. The van der Waals surface area contributed by atoms with E-state index in [1.165, 1.54) is 6.42 Å². The minimum absolute atomic E-state index is 0.281. The van der Waals surface area contributed by atoms with Gasteiger partial charge in [-0.25, -0.2) is 0 Å². The average Bonchev–Trinajstić information content (AvgIpc) is 2.82. The summed E-state index contributed by atoms with van der Waals surface area (Å²) in [5.74, 6) is 3.36. The molecule has 2 aliphatic heterocycles. The van der Waals surface area contributed by atoms with E-state index in [9.17, 15) is 4.79 Å². The number of nitrogens with two attached hydrogens (primary N) is 1. The first kappa shape index (κ1) is 12.2. The first-order chi connectivity index (χ1) is 7.72. The van der Waals surface area contributed by atoms with Gasteiger partial charge in [0.2, 0.25) is 5.91 Å². The van der Waals surface area contributed by atoms with Crippen molar-refractivity contribution in [3.63, 3.8) is 0 Å². The lowest BCUT2D eigenvalue weighted by Crippen LogP contribution is -2.49. The third kappa shape index (κ3) is 2.54. The second-order valence-electron chi connectivity index (χ2n) is 5.08. The van der Waals surface area contributed by atoms with E-state index in [1.807, 2.05) is 11.8 Å². The SMILES string of the molecule is CC1CCC(CN)CN1C(=O)C1CCSC1. The fraction of sp³-hybridized carbons (Fsp3) is 0.917. The van der Waals surface area contributed by atoms with Crippen LogP contribution in [0.5, 0.6) is 0 Å². The zero-order chi connectivity index (χ0) is 11.5. The summed E-state index contributed by atoms with van der Waals surface area (Å²) in [4.78, 5) is 14.4. The standard InChI is InChI=1S/C12H22N2OS/c1-9-2-3-10(6-13)7-14(9)12(15)11-4-5-16-8-11/h9-11H,2-8,13H2,1H3. The van der Waals surface area contributed by atoms with Crippen LogP contribution < -0.4 is 5.73 Å². The van der Waals surface area contributed by atoms with Crippen molar-refractivity contribution in [1.29, 1.82) is 0 Å². The van der Waals surface area contributed by atoms with E-state index >= 15 is 0 Å². The molecular weight excluding hydrogens is 220 g/mol. The third-order valence-electron chi connectivity index (χ3n) is 3.87. The topological polar surface area (TPSA) is 46.3 Å². The molecule has 0 aliphatic carbocycles. The molecule has 2 rings (SSSR count). The van der Waals surface area contributed by atoms with Crippen LogP contribution >= 0.6 is 11.8 Å². The van der Waals surface area contributed by atoms with Gasteiger partial charge in [0.1, 0.15) is 0 Å². The number of amides is 1. The Morgan fingerprint density at radius 3 is 2.88 bits per heavy atom. The number of thioether (sulfide) groups is 1. The van der Waals surface area contributed by atoms with Crippen LogP contribution in [-0.4, -0.2) is 41.4 Å². The van der Waals surface area contributed by atoms with E-state index in [-0.39, 0.29) is 5.92 Å². The lowest BCUT2D eigenvalue weighted by atomic mass is 9.92. The summed E-state index contributed by atoms with van der Waals surface area (Å²) >= 11 is 1.91. The van der Waals surface area contributed by atoms with Gasteiger partial charge >= 0.3 is 0 Å². The average molecular weight is 242 g/mol. The fourth-order valence-corrected chi connectivity index (χ4v) is 3.86. The van der Waals surface area contributed by atoms with Gasteiger partial charge in [-0.3, -0.25) is 4.79 Å². The zero-order valence-corrected chi connectivity index (χ0v) is 10.8. The van der Waals surface area contributed by atoms with Gasteiger partial charge in [0.15, 0.2) is 0 Å². The van der Waals surface area contributed by atoms with Crippen LogP contribution in [0.15, 0.2) is 0 Å². The molecule has 0 saturated carbocycles. The molecule has 1 amide bonds. The molecule has 4 heteroatoms. The molecule has 3 nitrogen and oxygen atoms in total. The highest BCUT2D eigenvalue weighted by Gasteiger charge is 2.33. The first-order valence-electron chi connectivity index (χ1n) is 6.30. The predicted octanol–water partition coefficient (Wildman–Crippen LogP) is 1.33. The van der Waals surface area contributed by atoms with Crippen LogP contribution in [-0.2, 0) is 4.79 Å². The highest BCUT2D eigenvalue weighted by molar-refractivity contribution is 7.99. The summed E-state index contributed by atoms with van der Waals surface area (Å²) in [6, 6.07) is 0.417. The predicted molar refractivity (Wildman–Crippen MR) is 68.4 cm³/mol. The number of likely N-dealkylation sites (tertiary alicyclic amines) is 1. The third-order valence-corrected chi connectivity index (χ3v) is 5.04. The highest BCUT2D eigenvalue weighted by Crippen LogP contribution is 2.29. The number of piperidine rings is 1. The Morgan fingerprint density at radius 2 is 2.25 bits per heavy atom. The summed E-state index contributed by atoms with van der Waals surface area (Å²) < 4.78 is 0. The molecule has 0 radical (unpaired) electrons. The van der Waals surface area contributed by atoms with Crippen LogP contribution in [0.2, 0.25) is 0 Å². The van der Waals surface area contributed by atoms with E-state index in [4.69, 9.17) is 5.73 Å². The Balaban J connectivity index is 1.97. The minimum atomic E-state index is 0.281. The molecule has 2 heterocycles. The Labute approximate surface area is 102 Å². The molecule has 3 unspecified atom stereocenters. The molecule has 0 aromatic rings. The normalized spacial score (nSPS) is 35.4. The van der Waals surface area contributed by atoms with Gasteiger partial charge < -0.3 is 10.6 Å². The van der Waals surface area contributed by atoms with Crippen LogP contribution in [0.3, 0.4) is 0 Å².